The Bertz CT molecular complexity index is 199. The van der Waals surface area contributed by atoms with E-state index >= 15 is 0 Å². The summed E-state index contributed by atoms with van der Waals surface area (Å²) < 4.78 is 0. The molecule has 0 atom stereocenters. The van der Waals surface area contributed by atoms with Gasteiger partial charge in [0.15, 0.2) is 0 Å². The molecule has 0 radical (unpaired) electrons. The van der Waals surface area contributed by atoms with Crippen LogP contribution in [0.4, 0.5) is 0 Å². The maximum Gasteiger partial charge on any atom is 0.136 e. The van der Waals surface area contributed by atoms with Crippen molar-refractivity contribution in [2.24, 2.45) is 0 Å². The smallest absolute Gasteiger partial charge is 0.136 e. The molecule has 0 aromatic carbocycles. The first kappa shape index (κ1) is 16.0. The Morgan fingerprint density at radius 1 is 0.500 bits per heavy atom. The lowest BCUT2D eigenvalue weighted by atomic mass is 10.9. The van der Waals surface area contributed by atoms with Gasteiger partial charge in [-0.25, -0.2) is 0 Å². The first-order chi connectivity index (χ1) is 7.57. The first-order valence-corrected chi connectivity index (χ1v) is 12.4. The second-order valence-corrected chi connectivity index (χ2v) is 14.8. The van der Waals surface area contributed by atoms with Gasteiger partial charge in [-0.3, -0.25) is 0 Å². The molecule has 0 saturated carbocycles. The van der Waals surface area contributed by atoms with E-state index in [1.54, 1.807) is 0 Å². The summed E-state index contributed by atoms with van der Waals surface area (Å²) in [7, 11) is -2.40. The molecule has 0 spiro atoms. The molecule has 0 fully saturated rings. The number of rotatable bonds is 6. The fourth-order valence-corrected chi connectivity index (χ4v) is 8.48. The van der Waals surface area contributed by atoms with E-state index < -0.39 is 16.1 Å². The first-order valence-electron chi connectivity index (χ1n) is 7.11. The molecule has 2 heteroatoms. The van der Waals surface area contributed by atoms with Crippen LogP contribution in [0.1, 0.15) is 41.5 Å². The van der Waals surface area contributed by atoms with E-state index in [9.17, 15) is 0 Å². The van der Waals surface area contributed by atoms with Crippen molar-refractivity contribution < 1.29 is 0 Å². The quantitative estimate of drug-likeness (QED) is 0.458. The molecule has 0 heterocycles. The molecular weight excluding hydrogens is 224 g/mol. The molecule has 0 rings (SSSR count). The topological polar surface area (TPSA) is 0 Å². The molecule has 0 aromatic rings. The van der Waals surface area contributed by atoms with E-state index in [1.807, 2.05) is 0 Å². The molecule has 0 unspecified atom stereocenters. The van der Waals surface area contributed by atoms with E-state index in [1.165, 1.54) is 36.3 Å². The van der Waals surface area contributed by atoms with Crippen LogP contribution in [0, 0.1) is 11.1 Å². The molecule has 0 aliphatic rings. The molecule has 16 heavy (non-hydrogen) atoms. The summed E-state index contributed by atoms with van der Waals surface area (Å²) >= 11 is 0. The van der Waals surface area contributed by atoms with Crippen molar-refractivity contribution in [3.8, 4) is 11.1 Å². The highest BCUT2D eigenvalue weighted by atomic mass is 28.3. The zero-order valence-corrected chi connectivity index (χ0v) is 14.2. The normalized spacial score (nSPS) is 12.1. The fourth-order valence-electron chi connectivity index (χ4n) is 2.30. The van der Waals surface area contributed by atoms with Crippen molar-refractivity contribution in [1.82, 2.24) is 0 Å². The van der Waals surface area contributed by atoms with Crippen LogP contribution in [0.3, 0.4) is 0 Å². The van der Waals surface area contributed by atoms with Crippen LogP contribution in [-0.2, 0) is 0 Å². The van der Waals surface area contributed by atoms with Crippen molar-refractivity contribution in [1.29, 1.82) is 0 Å². The molecule has 0 saturated heterocycles. The number of hydrogen-bond acceptors (Lipinski definition) is 0. The van der Waals surface area contributed by atoms with E-state index in [0.717, 1.165) is 0 Å². The summed E-state index contributed by atoms with van der Waals surface area (Å²) in [6.45, 7) is 14.1. The highest BCUT2D eigenvalue weighted by Crippen LogP contribution is 2.22. The Morgan fingerprint density at radius 2 is 0.688 bits per heavy atom. The minimum absolute atomic E-state index is 1.20. The molecule has 0 N–H and O–H groups in total. The standard InChI is InChI=1S/C14H30Si2/c1-7-15(8-2,9-3)13-14-16(10-4,11-5)12-6/h7-12H2,1-6H3. The second-order valence-electron chi connectivity index (χ2n) is 4.93. The maximum absolute atomic E-state index is 3.83. The molecule has 0 bridgehead atoms. The molecule has 0 amide bonds. The van der Waals surface area contributed by atoms with Crippen molar-refractivity contribution in [2.45, 2.75) is 77.8 Å². The minimum Gasteiger partial charge on any atom is -0.138 e. The van der Waals surface area contributed by atoms with Gasteiger partial charge in [0.05, 0.1) is 0 Å². The van der Waals surface area contributed by atoms with Gasteiger partial charge in [-0.2, -0.15) is 0 Å². The van der Waals surface area contributed by atoms with Crippen LogP contribution < -0.4 is 0 Å². The van der Waals surface area contributed by atoms with Gasteiger partial charge in [-0.15, -0.1) is 11.1 Å². The van der Waals surface area contributed by atoms with Crippen molar-refractivity contribution in [2.75, 3.05) is 0 Å². The Balaban J connectivity index is 5.03. The van der Waals surface area contributed by atoms with Crippen LogP contribution in [0.15, 0.2) is 0 Å². The largest absolute Gasteiger partial charge is 0.138 e. The van der Waals surface area contributed by atoms with E-state index in [0.29, 0.717) is 0 Å². The average Bonchev–Trinajstić information content (AvgIpc) is 2.37. The van der Waals surface area contributed by atoms with Gasteiger partial charge in [0.1, 0.15) is 16.1 Å². The lowest BCUT2D eigenvalue weighted by Gasteiger charge is -2.24. The highest BCUT2D eigenvalue weighted by Gasteiger charge is 2.28. The Kier molecular flexibility index (Phi) is 7.34. The summed E-state index contributed by atoms with van der Waals surface area (Å²) in [5.74, 6) is 0. The Hall–Kier alpha value is -0.00623. The predicted molar refractivity (Wildman–Crippen MR) is 82.2 cm³/mol. The summed E-state index contributed by atoms with van der Waals surface area (Å²) in [5.41, 5.74) is 7.65. The fraction of sp³-hybridized carbons (Fsp3) is 0.857. The Labute approximate surface area is 105 Å². The third kappa shape index (κ3) is 3.78. The van der Waals surface area contributed by atoms with Crippen LogP contribution >= 0.6 is 0 Å². The molecule has 0 aromatic heterocycles. The summed E-state index contributed by atoms with van der Waals surface area (Å²) in [4.78, 5) is 0. The van der Waals surface area contributed by atoms with Crippen LogP contribution in [-0.4, -0.2) is 16.1 Å². The minimum atomic E-state index is -1.20. The number of hydrogen-bond donors (Lipinski definition) is 0. The second kappa shape index (κ2) is 7.34. The van der Waals surface area contributed by atoms with Gasteiger partial charge in [-0.05, 0) is 36.3 Å². The average molecular weight is 255 g/mol. The lowest BCUT2D eigenvalue weighted by Crippen LogP contribution is -2.34. The summed E-state index contributed by atoms with van der Waals surface area (Å²) in [6.07, 6.45) is 0. The van der Waals surface area contributed by atoms with Crippen LogP contribution in [0.5, 0.6) is 0 Å². The SMILES string of the molecule is CC[Si](C#C[Si](CC)(CC)CC)(CC)CC. The zero-order valence-electron chi connectivity index (χ0n) is 12.2. The summed E-state index contributed by atoms with van der Waals surface area (Å²) in [5, 5.41) is 0. The third-order valence-corrected chi connectivity index (χ3v) is 14.3. The molecule has 0 aliphatic carbocycles. The van der Waals surface area contributed by atoms with Crippen molar-refractivity contribution in [3.63, 3.8) is 0 Å². The van der Waals surface area contributed by atoms with E-state index in [2.05, 4.69) is 52.6 Å². The van der Waals surface area contributed by atoms with E-state index in [-0.39, 0.29) is 0 Å². The van der Waals surface area contributed by atoms with Crippen molar-refractivity contribution >= 4 is 16.1 Å². The van der Waals surface area contributed by atoms with Crippen LogP contribution in [0.25, 0.3) is 0 Å². The van der Waals surface area contributed by atoms with Gasteiger partial charge in [0, 0.05) is 0 Å². The van der Waals surface area contributed by atoms with E-state index in [4.69, 9.17) is 0 Å². The Morgan fingerprint density at radius 3 is 0.812 bits per heavy atom. The van der Waals surface area contributed by atoms with Gasteiger partial charge < -0.3 is 0 Å². The molecular formula is C14H30Si2. The molecule has 0 nitrogen and oxygen atoms in total. The van der Waals surface area contributed by atoms with Gasteiger partial charge in [0.25, 0.3) is 0 Å². The lowest BCUT2D eigenvalue weighted by molar-refractivity contribution is 1.20. The monoisotopic (exact) mass is 254 g/mol. The van der Waals surface area contributed by atoms with Gasteiger partial charge >= 0.3 is 0 Å². The zero-order chi connectivity index (χ0) is 12.7. The predicted octanol–water partition coefficient (Wildman–Crippen LogP) is 5.09. The summed E-state index contributed by atoms with van der Waals surface area (Å²) in [6, 6.07) is 8.05. The molecule has 0 aliphatic heterocycles. The highest BCUT2D eigenvalue weighted by molar-refractivity contribution is 6.92. The van der Waals surface area contributed by atoms with Gasteiger partial charge in [0.2, 0.25) is 0 Å². The van der Waals surface area contributed by atoms with Gasteiger partial charge in [-0.1, -0.05) is 41.5 Å². The maximum atomic E-state index is 3.83. The van der Waals surface area contributed by atoms with Crippen molar-refractivity contribution in [3.05, 3.63) is 0 Å². The third-order valence-electron chi connectivity index (χ3n) is 4.65. The molecule has 94 valence electrons. The van der Waals surface area contributed by atoms with Crippen LogP contribution in [0.2, 0.25) is 36.3 Å².